The van der Waals surface area contributed by atoms with Gasteiger partial charge in [-0.15, -0.1) is 22.7 Å². The monoisotopic (exact) mass is 319 g/mol. The van der Waals surface area contributed by atoms with E-state index >= 15 is 0 Å². The third-order valence-electron chi connectivity index (χ3n) is 4.12. The molecule has 3 aromatic rings. The molecular formula is C18H25NS2. The highest BCUT2D eigenvalue weighted by atomic mass is 32.1. The summed E-state index contributed by atoms with van der Waals surface area (Å²) in [7, 11) is 0. The minimum atomic E-state index is 0.626. The average molecular weight is 320 g/mol. The van der Waals surface area contributed by atoms with Crippen LogP contribution in [0.3, 0.4) is 0 Å². The Hall–Kier alpha value is -0.800. The first-order valence-electron chi connectivity index (χ1n) is 8.08. The Kier molecular flexibility index (Phi) is 4.15. The lowest BCUT2D eigenvalue weighted by Gasteiger charge is -2.05. The lowest BCUT2D eigenvalue weighted by atomic mass is 10.2. The normalized spacial score (nSPS) is 12.5. The van der Waals surface area contributed by atoms with Crippen molar-refractivity contribution in [2.24, 2.45) is 0 Å². The van der Waals surface area contributed by atoms with Crippen molar-refractivity contribution in [1.82, 2.24) is 4.57 Å². The van der Waals surface area contributed by atoms with Crippen molar-refractivity contribution in [2.45, 2.75) is 65.8 Å². The molecule has 114 valence electrons. The third-order valence-corrected chi connectivity index (χ3v) is 7.14. The van der Waals surface area contributed by atoms with Crippen LogP contribution in [0.2, 0.25) is 0 Å². The smallest absolute Gasteiger partial charge is 0.0703 e. The number of hydrogen-bond donors (Lipinski definition) is 0. The maximum absolute atomic E-state index is 2.57. The summed E-state index contributed by atoms with van der Waals surface area (Å²) in [5.74, 6) is 1.25. The molecule has 0 aromatic carbocycles. The van der Waals surface area contributed by atoms with Gasteiger partial charge in [0.25, 0.3) is 0 Å². The molecule has 0 spiro atoms. The van der Waals surface area contributed by atoms with E-state index < -0.39 is 0 Å². The second-order valence-corrected chi connectivity index (χ2v) is 8.71. The van der Waals surface area contributed by atoms with Crippen LogP contribution in [-0.4, -0.2) is 4.57 Å². The Bertz CT molecular complexity index is 695. The van der Waals surface area contributed by atoms with Crippen LogP contribution in [0.1, 0.15) is 69.1 Å². The second kappa shape index (κ2) is 5.77. The zero-order valence-corrected chi connectivity index (χ0v) is 15.3. The third kappa shape index (κ3) is 2.55. The summed E-state index contributed by atoms with van der Waals surface area (Å²) in [6.07, 6.45) is 2.52. The van der Waals surface area contributed by atoms with Crippen LogP contribution in [0.5, 0.6) is 0 Å². The molecule has 0 unspecified atom stereocenters. The van der Waals surface area contributed by atoms with Gasteiger partial charge in [-0.05, 0) is 30.4 Å². The standard InChI is InChI=1S/C18H25NS2/c1-6-7-8-19-13-9-15(11(2)3)20-17(13)18-14(19)10-16(21-18)12(4)5/h9-12H,6-8H2,1-5H3. The zero-order valence-electron chi connectivity index (χ0n) is 13.7. The SMILES string of the molecule is CCCCn1c2cc(C(C)C)sc2c2sc(C(C)C)cc21. The molecule has 0 fully saturated rings. The number of hydrogen-bond acceptors (Lipinski definition) is 2. The molecule has 0 bridgehead atoms. The van der Waals surface area contributed by atoms with E-state index in [1.54, 1.807) is 0 Å². The van der Waals surface area contributed by atoms with Crippen molar-refractivity contribution in [1.29, 1.82) is 0 Å². The van der Waals surface area contributed by atoms with Gasteiger partial charge in [0.15, 0.2) is 0 Å². The van der Waals surface area contributed by atoms with E-state index in [1.807, 2.05) is 22.7 Å². The van der Waals surface area contributed by atoms with Crippen molar-refractivity contribution in [3.8, 4) is 0 Å². The Morgan fingerprint density at radius 2 is 1.38 bits per heavy atom. The summed E-state index contributed by atoms with van der Waals surface area (Å²) in [4.78, 5) is 3.04. The number of unbranched alkanes of at least 4 members (excludes halogenated alkanes) is 1. The highest BCUT2D eigenvalue weighted by molar-refractivity contribution is 7.27. The minimum Gasteiger partial charge on any atom is -0.339 e. The van der Waals surface area contributed by atoms with E-state index in [1.165, 1.54) is 43.0 Å². The topological polar surface area (TPSA) is 4.93 Å². The van der Waals surface area contributed by atoms with Crippen LogP contribution in [0, 0.1) is 0 Å². The fraction of sp³-hybridized carbons (Fsp3) is 0.556. The molecule has 0 atom stereocenters. The van der Waals surface area contributed by atoms with Gasteiger partial charge in [-0.2, -0.15) is 0 Å². The molecule has 0 saturated heterocycles. The Labute approximate surface area is 135 Å². The van der Waals surface area contributed by atoms with Gasteiger partial charge in [0.2, 0.25) is 0 Å². The van der Waals surface area contributed by atoms with Gasteiger partial charge in [-0.3, -0.25) is 0 Å². The highest BCUT2D eigenvalue weighted by Crippen LogP contribution is 2.43. The van der Waals surface area contributed by atoms with E-state index in [0.29, 0.717) is 11.8 Å². The molecule has 0 N–H and O–H groups in total. The summed E-state index contributed by atoms with van der Waals surface area (Å²) < 4.78 is 5.60. The van der Waals surface area contributed by atoms with Crippen molar-refractivity contribution < 1.29 is 0 Å². The molecule has 3 aromatic heterocycles. The van der Waals surface area contributed by atoms with Crippen LogP contribution in [-0.2, 0) is 6.54 Å². The molecule has 0 aliphatic rings. The van der Waals surface area contributed by atoms with Crippen molar-refractivity contribution in [3.05, 3.63) is 21.9 Å². The molecule has 0 radical (unpaired) electrons. The van der Waals surface area contributed by atoms with Gasteiger partial charge < -0.3 is 4.57 Å². The molecule has 0 amide bonds. The highest BCUT2D eigenvalue weighted by Gasteiger charge is 2.18. The van der Waals surface area contributed by atoms with Gasteiger partial charge in [-0.1, -0.05) is 41.0 Å². The van der Waals surface area contributed by atoms with E-state index in [0.717, 1.165) is 6.54 Å². The molecule has 21 heavy (non-hydrogen) atoms. The van der Waals surface area contributed by atoms with Crippen molar-refractivity contribution in [2.75, 3.05) is 0 Å². The summed E-state index contributed by atoms with van der Waals surface area (Å²) in [6.45, 7) is 12.6. The first-order valence-corrected chi connectivity index (χ1v) is 9.71. The Balaban J connectivity index is 2.23. The number of rotatable bonds is 5. The van der Waals surface area contributed by atoms with Gasteiger partial charge in [0.1, 0.15) is 0 Å². The Morgan fingerprint density at radius 3 is 1.76 bits per heavy atom. The maximum atomic E-state index is 2.57. The number of fused-ring (bicyclic) bond motifs is 3. The van der Waals surface area contributed by atoms with E-state index in [2.05, 4.69) is 51.3 Å². The van der Waals surface area contributed by atoms with Gasteiger partial charge in [-0.25, -0.2) is 0 Å². The maximum Gasteiger partial charge on any atom is 0.0703 e. The van der Waals surface area contributed by atoms with Gasteiger partial charge >= 0.3 is 0 Å². The van der Waals surface area contributed by atoms with Crippen LogP contribution in [0.4, 0.5) is 0 Å². The predicted molar refractivity (Wildman–Crippen MR) is 98.3 cm³/mol. The summed E-state index contributed by atoms with van der Waals surface area (Å²) in [6, 6.07) is 4.87. The average Bonchev–Trinajstić information content (AvgIpc) is 3.06. The second-order valence-electron chi connectivity index (χ2n) is 6.54. The summed E-state index contributed by atoms with van der Waals surface area (Å²) in [5.41, 5.74) is 2.93. The molecular weight excluding hydrogens is 294 g/mol. The molecule has 3 rings (SSSR count). The molecule has 3 heteroatoms. The molecule has 0 aliphatic carbocycles. The van der Waals surface area contributed by atoms with Crippen LogP contribution in [0.25, 0.3) is 20.4 Å². The zero-order chi connectivity index (χ0) is 15.1. The number of aryl methyl sites for hydroxylation is 1. The van der Waals surface area contributed by atoms with E-state index in [4.69, 9.17) is 0 Å². The fourth-order valence-electron chi connectivity index (χ4n) is 2.78. The summed E-state index contributed by atoms with van der Waals surface area (Å²) in [5, 5.41) is 0. The van der Waals surface area contributed by atoms with Crippen LogP contribution >= 0.6 is 22.7 Å². The predicted octanol–water partition coefficient (Wildman–Crippen LogP) is 6.96. The van der Waals surface area contributed by atoms with Crippen LogP contribution in [0.15, 0.2) is 12.1 Å². The quantitative estimate of drug-likeness (QED) is 0.479. The molecule has 0 saturated carbocycles. The lowest BCUT2D eigenvalue weighted by molar-refractivity contribution is 0.665. The van der Waals surface area contributed by atoms with Crippen molar-refractivity contribution >= 4 is 43.1 Å². The number of aromatic nitrogens is 1. The molecule has 0 aliphatic heterocycles. The number of nitrogens with zero attached hydrogens (tertiary/aromatic N) is 1. The first kappa shape index (κ1) is 15.1. The van der Waals surface area contributed by atoms with Gasteiger partial charge in [0.05, 0.1) is 20.4 Å². The first-order chi connectivity index (χ1) is 10.0. The lowest BCUT2D eigenvalue weighted by Crippen LogP contribution is -1.96. The van der Waals surface area contributed by atoms with E-state index in [9.17, 15) is 0 Å². The Morgan fingerprint density at radius 1 is 0.905 bits per heavy atom. The van der Waals surface area contributed by atoms with Gasteiger partial charge in [0, 0.05) is 16.3 Å². The molecule has 1 nitrogen and oxygen atoms in total. The minimum absolute atomic E-state index is 0.626. The van der Waals surface area contributed by atoms with Crippen molar-refractivity contribution in [3.63, 3.8) is 0 Å². The largest absolute Gasteiger partial charge is 0.339 e. The van der Waals surface area contributed by atoms with Crippen LogP contribution < -0.4 is 0 Å². The summed E-state index contributed by atoms with van der Waals surface area (Å²) >= 11 is 4.01. The fourth-order valence-corrected chi connectivity index (χ4v) is 5.26. The molecule has 3 heterocycles. The number of thiophene rings is 2. The van der Waals surface area contributed by atoms with E-state index in [-0.39, 0.29) is 0 Å².